The van der Waals surface area contributed by atoms with E-state index >= 15 is 0 Å². The fourth-order valence-electron chi connectivity index (χ4n) is 4.25. The summed E-state index contributed by atoms with van der Waals surface area (Å²) in [6.07, 6.45) is 8.61. The van der Waals surface area contributed by atoms with Crippen LogP contribution in [0.3, 0.4) is 0 Å². The van der Waals surface area contributed by atoms with Crippen LogP contribution in [0.1, 0.15) is 53.8 Å². The van der Waals surface area contributed by atoms with Gasteiger partial charge in [0.1, 0.15) is 0 Å². The number of aromatic amines is 1. The number of hydrogen-bond donors (Lipinski definition) is 4. The molecule has 0 bridgehead atoms. The minimum Gasteiger partial charge on any atom is -0.396 e. The van der Waals surface area contributed by atoms with Gasteiger partial charge in [0.05, 0.1) is 10.5 Å². The molecule has 5 N–H and O–H groups in total. The molecule has 0 saturated carbocycles. The fourth-order valence-corrected chi connectivity index (χ4v) is 4.79. The summed E-state index contributed by atoms with van der Waals surface area (Å²) in [6.45, 7) is 0.108. The molecule has 29 heavy (non-hydrogen) atoms. The first-order valence-corrected chi connectivity index (χ1v) is 11.5. The highest BCUT2D eigenvalue weighted by molar-refractivity contribution is 7.89. The van der Waals surface area contributed by atoms with Crippen molar-refractivity contribution in [3.8, 4) is 0 Å². The zero-order valence-corrected chi connectivity index (χ0v) is 16.9. The van der Waals surface area contributed by atoms with Crippen LogP contribution in [-0.4, -0.2) is 31.0 Å². The molecule has 0 radical (unpaired) electrons. The number of aliphatic hydroxyl groups excluding tert-OH is 1. The fraction of sp³-hybridized carbons (Fsp3) is 0.381. The minimum atomic E-state index is -3.87. The van der Waals surface area contributed by atoms with Crippen LogP contribution >= 0.6 is 0 Å². The van der Waals surface area contributed by atoms with Gasteiger partial charge >= 0.3 is 0 Å². The molecular formula is C21H25N3O4S. The lowest BCUT2D eigenvalue weighted by Gasteiger charge is -2.06. The number of fused-ring (bicyclic) bond motifs is 2. The normalized spacial score (nSPS) is 17.7. The van der Waals surface area contributed by atoms with Gasteiger partial charge in [-0.15, -0.1) is 0 Å². The number of nitrogens with one attached hydrogen (secondary N) is 2. The highest BCUT2D eigenvalue weighted by Gasteiger charge is 2.27. The van der Waals surface area contributed by atoms with Crippen molar-refractivity contribution < 1.29 is 18.3 Å². The number of sulfonamides is 1. The summed E-state index contributed by atoms with van der Waals surface area (Å²) < 4.78 is 23.5. The van der Waals surface area contributed by atoms with E-state index in [9.17, 15) is 18.3 Å². The number of carbonyl (C=O) groups is 1. The number of benzene rings is 1. The second-order valence-electron chi connectivity index (χ2n) is 7.63. The van der Waals surface area contributed by atoms with Crippen LogP contribution in [0.4, 0.5) is 5.69 Å². The Balaban J connectivity index is 1.82. The number of primary sulfonamides is 1. The highest BCUT2D eigenvalue weighted by Crippen LogP contribution is 2.36. The summed E-state index contributed by atoms with van der Waals surface area (Å²) in [5, 5.41) is 17.4. The molecule has 1 aliphatic carbocycles. The van der Waals surface area contributed by atoms with Crippen LogP contribution in [0.25, 0.3) is 11.6 Å². The molecule has 0 fully saturated rings. The molecule has 1 aliphatic heterocycles. The average molecular weight is 416 g/mol. The Labute approximate surface area is 170 Å². The van der Waals surface area contributed by atoms with E-state index in [2.05, 4.69) is 10.3 Å². The number of amides is 1. The number of nitrogens with two attached hydrogens (primary N) is 1. The van der Waals surface area contributed by atoms with Gasteiger partial charge in [-0.2, -0.15) is 0 Å². The molecule has 1 amide bonds. The van der Waals surface area contributed by atoms with E-state index in [1.54, 1.807) is 12.1 Å². The van der Waals surface area contributed by atoms with Crippen LogP contribution in [0, 0.1) is 0 Å². The Bertz CT molecular complexity index is 1100. The van der Waals surface area contributed by atoms with Gasteiger partial charge in [0, 0.05) is 29.2 Å². The summed E-state index contributed by atoms with van der Waals surface area (Å²) in [5.41, 5.74) is 6.03. The molecule has 4 rings (SSSR count). The van der Waals surface area contributed by atoms with Crippen molar-refractivity contribution >= 4 is 33.3 Å². The first kappa shape index (κ1) is 19.9. The molecule has 2 heterocycles. The van der Waals surface area contributed by atoms with E-state index in [1.165, 1.54) is 29.8 Å². The van der Waals surface area contributed by atoms with Gasteiger partial charge in [-0.25, -0.2) is 13.6 Å². The van der Waals surface area contributed by atoms with E-state index in [4.69, 9.17) is 5.14 Å². The molecule has 0 unspecified atom stereocenters. The molecular weight excluding hydrogens is 390 g/mol. The third kappa shape index (κ3) is 3.88. The SMILES string of the molecule is NS(=O)(=O)c1ccc2c(c1)/C(=C/c1[nH]c3c(c1CCCO)CCCCC3)C(=O)N2. The van der Waals surface area contributed by atoms with Crippen molar-refractivity contribution in [2.45, 2.75) is 49.8 Å². The molecule has 0 atom stereocenters. The Hall–Kier alpha value is -2.42. The molecule has 0 saturated heterocycles. The van der Waals surface area contributed by atoms with Crippen LogP contribution < -0.4 is 10.5 Å². The Morgan fingerprint density at radius 1 is 1.17 bits per heavy atom. The lowest BCUT2D eigenvalue weighted by molar-refractivity contribution is -0.110. The smallest absolute Gasteiger partial charge is 0.256 e. The predicted molar refractivity (Wildman–Crippen MR) is 112 cm³/mol. The van der Waals surface area contributed by atoms with Gasteiger partial charge in [0.15, 0.2) is 0 Å². The quantitative estimate of drug-likeness (QED) is 0.442. The van der Waals surface area contributed by atoms with E-state index in [0.29, 0.717) is 23.2 Å². The van der Waals surface area contributed by atoms with Crippen LogP contribution in [0.15, 0.2) is 23.1 Å². The van der Waals surface area contributed by atoms with Crippen molar-refractivity contribution in [2.75, 3.05) is 11.9 Å². The van der Waals surface area contributed by atoms with Gasteiger partial charge in [0.25, 0.3) is 5.91 Å². The highest BCUT2D eigenvalue weighted by atomic mass is 32.2. The van der Waals surface area contributed by atoms with Crippen molar-refractivity contribution in [1.29, 1.82) is 0 Å². The van der Waals surface area contributed by atoms with Gasteiger partial charge in [-0.05, 0) is 73.9 Å². The van der Waals surface area contributed by atoms with E-state index in [0.717, 1.165) is 43.4 Å². The third-order valence-electron chi connectivity index (χ3n) is 5.67. The van der Waals surface area contributed by atoms with Crippen LogP contribution in [-0.2, 0) is 34.1 Å². The maximum atomic E-state index is 12.6. The van der Waals surface area contributed by atoms with Crippen molar-refractivity contribution in [1.82, 2.24) is 4.98 Å². The lowest BCUT2D eigenvalue weighted by atomic mass is 9.98. The Morgan fingerprint density at radius 2 is 1.97 bits per heavy atom. The predicted octanol–water partition coefficient (Wildman–Crippen LogP) is 2.35. The minimum absolute atomic E-state index is 0.0265. The zero-order valence-electron chi connectivity index (χ0n) is 16.1. The van der Waals surface area contributed by atoms with E-state index in [-0.39, 0.29) is 17.4 Å². The summed E-state index contributed by atoms with van der Waals surface area (Å²) in [6, 6.07) is 4.39. The van der Waals surface area contributed by atoms with Gasteiger partial charge in [-0.1, -0.05) is 6.42 Å². The maximum Gasteiger partial charge on any atom is 0.256 e. The topological polar surface area (TPSA) is 125 Å². The molecule has 154 valence electrons. The largest absolute Gasteiger partial charge is 0.396 e. The zero-order chi connectivity index (χ0) is 20.6. The van der Waals surface area contributed by atoms with Gasteiger partial charge < -0.3 is 15.4 Å². The summed E-state index contributed by atoms with van der Waals surface area (Å²) in [7, 11) is -3.87. The molecule has 8 heteroatoms. The van der Waals surface area contributed by atoms with Gasteiger partial charge in [-0.3, -0.25) is 4.79 Å². The molecule has 2 aliphatic rings. The number of carbonyl (C=O) groups excluding carboxylic acids is 1. The number of hydrogen-bond acceptors (Lipinski definition) is 4. The second kappa shape index (κ2) is 7.78. The molecule has 2 aromatic rings. The van der Waals surface area contributed by atoms with Crippen LogP contribution in [0.5, 0.6) is 0 Å². The van der Waals surface area contributed by atoms with Gasteiger partial charge in [0.2, 0.25) is 10.0 Å². The summed E-state index contributed by atoms with van der Waals surface area (Å²) in [4.78, 5) is 16.1. The molecule has 7 nitrogen and oxygen atoms in total. The number of aliphatic hydroxyl groups is 1. The molecule has 1 aromatic carbocycles. The first-order chi connectivity index (χ1) is 13.9. The lowest BCUT2D eigenvalue weighted by Crippen LogP contribution is -2.12. The number of anilines is 1. The van der Waals surface area contributed by atoms with E-state index in [1.807, 2.05) is 0 Å². The van der Waals surface area contributed by atoms with Crippen molar-refractivity contribution in [2.24, 2.45) is 5.14 Å². The van der Waals surface area contributed by atoms with Crippen molar-refractivity contribution in [3.05, 3.63) is 46.3 Å². The summed E-state index contributed by atoms with van der Waals surface area (Å²) in [5.74, 6) is -0.274. The Kier molecular flexibility index (Phi) is 5.33. The summed E-state index contributed by atoms with van der Waals surface area (Å²) >= 11 is 0. The standard InChI is InChI=1S/C21H25N3O4S/c22-29(27,28)13-8-9-19-16(11-13)17(21(26)24-19)12-20-15(6-4-10-25)14-5-2-1-3-7-18(14)23-20/h8-9,11-12,23,25H,1-7,10H2,(H,24,26)(H2,22,27,28)/b17-12-. The maximum absolute atomic E-state index is 12.6. The molecule has 1 aromatic heterocycles. The van der Waals surface area contributed by atoms with Crippen LogP contribution in [0.2, 0.25) is 0 Å². The second-order valence-corrected chi connectivity index (χ2v) is 9.19. The number of aryl methyl sites for hydroxylation is 1. The number of aromatic nitrogens is 1. The third-order valence-corrected chi connectivity index (χ3v) is 6.58. The molecule has 0 spiro atoms. The Morgan fingerprint density at radius 3 is 2.72 bits per heavy atom. The number of rotatable bonds is 5. The van der Waals surface area contributed by atoms with E-state index < -0.39 is 10.0 Å². The first-order valence-electron chi connectivity index (χ1n) is 9.92. The average Bonchev–Trinajstić information content (AvgIpc) is 3.05. The monoisotopic (exact) mass is 415 g/mol. The van der Waals surface area contributed by atoms with Crippen molar-refractivity contribution in [3.63, 3.8) is 0 Å². The number of H-pyrrole nitrogens is 1.